The van der Waals surface area contributed by atoms with Crippen molar-refractivity contribution in [1.82, 2.24) is 0 Å². The highest BCUT2D eigenvalue weighted by Crippen LogP contribution is 2.57. The van der Waals surface area contributed by atoms with Crippen molar-refractivity contribution in [3.8, 4) is 11.5 Å². The lowest BCUT2D eigenvalue weighted by Gasteiger charge is -2.18. The van der Waals surface area contributed by atoms with E-state index >= 15 is 0 Å². The Kier molecular flexibility index (Phi) is 2.58. The number of aromatic hydroxyl groups is 2. The van der Waals surface area contributed by atoms with Crippen LogP contribution in [0.1, 0.15) is 25.8 Å². The van der Waals surface area contributed by atoms with Gasteiger partial charge in [-0.15, -0.1) is 0 Å². The SMILES string of the molecule is CC(C)C1CC1(CN)c1ccc(O)c(O)c1. The van der Waals surface area contributed by atoms with E-state index in [1.165, 1.54) is 6.07 Å². The molecular formula is C13H19NO2. The van der Waals surface area contributed by atoms with Crippen LogP contribution in [0.3, 0.4) is 0 Å². The fourth-order valence-electron chi connectivity index (χ4n) is 2.72. The summed E-state index contributed by atoms with van der Waals surface area (Å²) in [4.78, 5) is 0. The first-order valence-electron chi connectivity index (χ1n) is 5.74. The van der Waals surface area contributed by atoms with Gasteiger partial charge < -0.3 is 15.9 Å². The van der Waals surface area contributed by atoms with E-state index < -0.39 is 0 Å². The summed E-state index contributed by atoms with van der Waals surface area (Å²) in [5, 5.41) is 18.8. The Morgan fingerprint density at radius 3 is 2.50 bits per heavy atom. The number of rotatable bonds is 3. The van der Waals surface area contributed by atoms with E-state index in [9.17, 15) is 10.2 Å². The molecule has 16 heavy (non-hydrogen) atoms. The van der Waals surface area contributed by atoms with Crippen LogP contribution in [0, 0.1) is 11.8 Å². The number of benzene rings is 1. The topological polar surface area (TPSA) is 66.5 Å². The van der Waals surface area contributed by atoms with Gasteiger partial charge in [0.05, 0.1) is 0 Å². The van der Waals surface area contributed by atoms with E-state index in [0.29, 0.717) is 18.4 Å². The highest BCUT2D eigenvalue weighted by Gasteiger charge is 2.55. The lowest BCUT2D eigenvalue weighted by Crippen LogP contribution is -2.23. The Bertz CT molecular complexity index is 403. The summed E-state index contributed by atoms with van der Waals surface area (Å²) >= 11 is 0. The summed E-state index contributed by atoms with van der Waals surface area (Å²) in [7, 11) is 0. The maximum Gasteiger partial charge on any atom is 0.157 e. The van der Waals surface area contributed by atoms with Crippen LogP contribution < -0.4 is 5.73 Å². The Labute approximate surface area is 95.9 Å². The van der Waals surface area contributed by atoms with Gasteiger partial charge in [-0.1, -0.05) is 19.9 Å². The monoisotopic (exact) mass is 221 g/mol. The van der Waals surface area contributed by atoms with Crippen molar-refractivity contribution >= 4 is 0 Å². The molecular weight excluding hydrogens is 202 g/mol. The molecule has 2 atom stereocenters. The maximum absolute atomic E-state index is 9.52. The van der Waals surface area contributed by atoms with Gasteiger partial charge in [0.25, 0.3) is 0 Å². The fourth-order valence-corrected chi connectivity index (χ4v) is 2.72. The van der Waals surface area contributed by atoms with Crippen LogP contribution in [-0.4, -0.2) is 16.8 Å². The van der Waals surface area contributed by atoms with Crippen molar-refractivity contribution in [3.63, 3.8) is 0 Å². The lowest BCUT2D eigenvalue weighted by atomic mass is 9.89. The number of nitrogens with two attached hydrogens (primary N) is 1. The largest absolute Gasteiger partial charge is 0.504 e. The van der Waals surface area contributed by atoms with E-state index in [0.717, 1.165) is 12.0 Å². The average Bonchev–Trinajstić information content (AvgIpc) is 2.98. The molecule has 3 heteroatoms. The molecule has 0 amide bonds. The molecule has 1 aromatic carbocycles. The predicted molar refractivity (Wildman–Crippen MR) is 63.4 cm³/mol. The molecule has 0 aromatic heterocycles. The minimum absolute atomic E-state index is 0.0132. The quantitative estimate of drug-likeness (QED) is 0.684. The molecule has 0 radical (unpaired) electrons. The molecule has 1 fully saturated rings. The lowest BCUT2D eigenvalue weighted by molar-refractivity contribution is 0.401. The molecule has 0 spiro atoms. The third-order valence-corrected chi connectivity index (χ3v) is 3.85. The predicted octanol–water partition coefficient (Wildman–Crippen LogP) is 1.97. The van der Waals surface area contributed by atoms with E-state index in [-0.39, 0.29) is 16.9 Å². The summed E-state index contributed by atoms with van der Waals surface area (Å²) in [5.74, 6) is 1.05. The van der Waals surface area contributed by atoms with Gasteiger partial charge in [-0.05, 0) is 36.0 Å². The molecule has 88 valence electrons. The Hall–Kier alpha value is -1.22. The Morgan fingerprint density at radius 1 is 1.38 bits per heavy atom. The molecule has 0 heterocycles. The normalized spacial score (nSPS) is 28.4. The second-order valence-corrected chi connectivity index (χ2v) is 5.12. The molecule has 0 aliphatic heterocycles. The number of hydrogen-bond acceptors (Lipinski definition) is 3. The van der Waals surface area contributed by atoms with Gasteiger partial charge in [-0.2, -0.15) is 0 Å². The van der Waals surface area contributed by atoms with Crippen LogP contribution in [0.2, 0.25) is 0 Å². The van der Waals surface area contributed by atoms with Crippen LogP contribution in [0.5, 0.6) is 11.5 Å². The minimum Gasteiger partial charge on any atom is -0.504 e. The number of phenolic OH excluding ortho intramolecular Hbond substituents is 2. The number of hydrogen-bond donors (Lipinski definition) is 3. The third-order valence-electron chi connectivity index (χ3n) is 3.85. The first kappa shape index (κ1) is 11.3. The van der Waals surface area contributed by atoms with Gasteiger partial charge in [0.1, 0.15) is 0 Å². The standard InChI is InChI=1S/C13H19NO2/c1-8(2)10-6-13(10,7-14)9-3-4-11(15)12(16)5-9/h3-5,8,10,15-16H,6-7,14H2,1-2H3. The molecule has 2 rings (SSSR count). The Balaban J connectivity index is 2.33. The van der Waals surface area contributed by atoms with Crippen LogP contribution in [-0.2, 0) is 5.41 Å². The van der Waals surface area contributed by atoms with Crippen LogP contribution >= 0.6 is 0 Å². The van der Waals surface area contributed by atoms with E-state index in [2.05, 4.69) is 13.8 Å². The van der Waals surface area contributed by atoms with E-state index in [4.69, 9.17) is 5.73 Å². The summed E-state index contributed by atoms with van der Waals surface area (Å²) in [6, 6.07) is 5.05. The average molecular weight is 221 g/mol. The highest BCUT2D eigenvalue weighted by molar-refractivity contribution is 5.46. The zero-order chi connectivity index (χ0) is 11.9. The van der Waals surface area contributed by atoms with Crippen LogP contribution in [0.25, 0.3) is 0 Å². The van der Waals surface area contributed by atoms with Gasteiger partial charge in [-0.3, -0.25) is 0 Å². The van der Waals surface area contributed by atoms with Gasteiger partial charge >= 0.3 is 0 Å². The summed E-state index contributed by atoms with van der Waals surface area (Å²) in [5.41, 5.74) is 6.93. The van der Waals surface area contributed by atoms with Gasteiger partial charge in [0.2, 0.25) is 0 Å². The Morgan fingerprint density at radius 2 is 2.06 bits per heavy atom. The smallest absolute Gasteiger partial charge is 0.157 e. The molecule has 4 N–H and O–H groups in total. The first-order chi connectivity index (χ1) is 7.51. The van der Waals surface area contributed by atoms with Crippen molar-refractivity contribution in [2.75, 3.05) is 6.54 Å². The molecule has 0 bridgehead atoms. The maximum atomic E-state index is 9.52. The molecule has 3 nitrogen and oxygen atoms in total. The molecule has 1 aliphatic rings. The van der Waals surface area contributed by atoms with Crippen molar-refractivity contribution in [2.45, 2.75) is 25.7 Å². The van der Waals surface area contributed by atoms with Gasteiger partial charge in [-0.25, -0.2) is 0 Å². The number of phenols is 2. The van der Waals surface area contributed by atoms with Crippen molar-refractivity contribution in [2.24, 2.45) is 17.6 Å². The minimum atomic E-state index is -0.0716. The molecule has 1 aliphatic carbocycles. The van der Waals surface area contributed by atoms with Gasteiger partial charge in [0, 0.05) is 12.0 Å². The zero-order valence-corrected chi connectivity index (χ0v) is 9.77. The van der Waals surface area contributed by atoms with Crippen molar-refractivity contribution < 1.29 is 10.2 Å². The second-order valence-electron chi connectivity index (χ2n) is 5.12. The zero-order valence-electron chi connectivity index (χ0n) is 9.77. The van der Waals surface area contributed by atoms with Crippen LogP contribution in [0.4, 0.5) is 0 Å². The summed E-state index contributed by atoms with van der Waals surface area (Å²) < 4.78 is 0. The van der Waals surface area contributed by atoms with Crippen molar-refractivity contribution in [3.05, 3.63) is 23.8 Å². The molecule has 2 unspecified atom stereocenters. The van der Waals surface area contributed by atoms with E-state index in [1.807, 2.05) is 6.07 Å². The second kappa shape index (κ2) is 3.67. The highest BCUT2D eigenvalue weighted by atomic mass is 16.3. The van der Waals surface area contributed by atoms with Crippen LogP contribution in [0.15, 0.2) is 18.2 Å². The summed E-state index contributed by atoms with van der Waals surface area (Å²) in [6.07, 6.45) is 1.07. The third kappa shape index (κ3) is 1.55. The fraction of sp³-hybridized carbons (Fsp3) is 0.538. The molecule has 0 saturated heterocycles. The van der Waals surface area contributed by atoms with Gasteiger partial charge in [0.15, 0.2) is 11.5 Å². The van der Waals surface area contributed by atoms with Crippen molar-refractivity contribution in [1.29, 1.82) is 0 Å². The summed E-state index contributed by atoms with van der Waals surface area (Å²) in [6.45, 7) is 4.99. The first-order valence-corrected chi connectivity index (χ1v) is 5.74. The molecule has 1 aromatic rings. The molecule has 1 saturated carbocycles. The van der Waals surface area contributed by atoms with E-state index in [1.54, 1.807) is 6.07 Å².